The van der Waals surface area contributed by atoms with Crippen LogP contribution in [0.5, 0.6) is 0 Å². The van der Waals surface area contributed by atoms with Gasteiger partial charge in [-0.05, 0) is 91.0 Å². The van der Waals surface area contributed by atoms with Gasteiger partial charge in [0, 0.05) is 66.6 Å². The molecule has 4 aromatic heterocycles. The summed E-state index contributed by atoms with van der Waals surface area (Å²) in [4.78, 5) is 0. The topological polar surface area (TPSA) is 19.7 Å². The Bertz CT molecular complexity index is 3410. The zero-order chi connectivity index (χ0) is 35.3. The Morgan fingerprint density at radius 3 is 1.56 bits per heavy atom. The van der Waals surface area contributed by atoms with Crippen LogP contribution in [0.1, 0.15) is 0 Å². The van der Waals surface area contributed by atoms with Gasteiger partial charge in [-0.3, -0.25) is 0 Å². The van der Waals surface area contributed by atoms with Gasteiger partial charge in [-0.2, -0.15) is 0 Å². The van der Waals surface area contributed by atoms with Crippen LogP contribution in [0.15, 0.2) is 194 Å². The van der Waals surface area contributed by atoms with Crippen LogP contribution in [-0.4, -0.2) is 18.3 Å². The predicted octanol–water partition coefficient (Wildman–Crippen LogP) is 12.9. The molecule has 0 fully saturated rings. The smallest absolute Gasteiger partial charge is 0.0641 e. The highest BCUT2D eigenvalue weighted by atomic mass is 15.0. The van der Waals surface area contributed by atoms with Gasteiger partial charge in [-0.1, -0.05) is 97.1 Å². The Kier molecular flexibility index (Phi) is 6.02. The highest BCUT2D eigenvalue weighted by molar-refractivity contribution is 6.27. The van der Waals surface area contributed by atoms with Crippen LogP contribution in [0.4, 0.5) is 0 Å². The fourth-order valence-corrected chi connectivity index (χ4v) is 9.08. The molecule has 0 unspecified atom stereocenters. The minimum Gasteiger partial charge on any atom is -0.316 e. The van der Waals surface area contributed by atoms with E-state index < -0.39 is 0 Å². The molecular weight excluding hydrogens is 657 g/mol. The van der Waals surface area contributed by atoms with Crippen LogP contribution in [0.2, 0.25) is 0 Å². The van der Waals surface area contributed by atoms with Crippen molar-refractivity contribution < 1.29 is 0 Å². The third-order valence-corrected chi connectivity index (χ3v) is 11.4. The fraction of sp³-hybridized carbons (Fsp3) is 0. The molecule has 8 aromatic carbocycles. The molecule has 0 radical (unpaired) electrons. The Labute approximate surface area is 310 Å². The fourth-order valence-electron chi connectivity index (χ4n) is 9.08. The van der Waals surface area contributed by atoms with E-state index in [1.54, 1.807) is 0 Å². The van der Waals surface area contributed by atoms with Crippen LogP contribution in [0.25, 0.3) is 99.1 Å². The molecule has 0 amide bonds. The number of hydrogen-bond acceptors (Lipinski definition) is 0. The molecule has 0 aliphatic heterocycles. The van der Waals surface area contributed by atoms with Crippen molar-refractivity contribution in [2.24, 2.45) is 0 Å². The average molecular weight is 689 g/mol. The van der Waals surface area contributed by atoms with Gasteiger partial charge in [0.2, 0.25) is 0 Å². The summed E-state index contributed by atoms with van der Waals surface area (Å²) >= 11 is 0. The highest BCUT2D eigenvalue weighted by Gasteiger charge is 2.23. The SMILES string of the molecule is c1ccc(-n2ccc3cc4c5ccc6c(c7ccccc7n6-c6ccccc6)c5n(-c5ccc6c(c5)c5ccccc5n6-c5ccccc5)c4cc32)cc1. The first kappa shape index (κ1) is 29.3. The van der Waals surface area contributed by atoms with E-state index >= 15 is 0 Å². The first-order valence-corrected chi connectivity index (χ1v) is 18.5. The monoisotopic (exact) mass is 688 g/mol. The molecule has 12 rings (SSSR count). The van der Waals surface area contributed by atoms with Crippen molar-refractivity contribution in [3.63, 3.8) is 0 Å². The number of aromatic nitrogens is 4. The lowest BCUT2D eigenvalue weighted by atomic mass is 10.1. The van der Waals surface area contributed by atoms with Gasteiger partial charge in [-0.25, -0.2) is 0 Å². The predicted molar refractivity (Wildman–Crippen MR) is 226 cm³/mol. The first-order valence-electron chi connectivity index (χ1n) is 18.5. The van der Waals surface area contributed by atoms with Gasteiger partial charge in [0.25, 0.3) is 0 Å². The van der Waals surface area contributed by atoms with Gasteiger partial charge >= 0.3 is 0 Å². The Morgan fingerprint density at radius 2 is 0.833 bits per heavy atom. The quantitative estimate of drug-likeness (QED) is 0.175. The summed E-state index contributed by atoms with van der Waals surface area (Å²) in [5, 5.41) is 8.68. The molecule has 54 heavy (non-hydrogen) atoms. The third kappa shape index (κ3) is 4.02. The molecule has 0 spiro atoms. The van der Waals surface area contributed by atoms with Gasteiger partial charge in [0.05, 0.1) is 38.6 Å². The maximum atomic E-state index is 2.53. The second-order valence-electron chi connectivity index (χ2n) is 14.2. The van der Waals surface area contributed by atoms with Gasteiger partial charge < -0.3 is 18.3 Å². The summed E-state index contributed by atoms with van der Waals surface area (Å²) in [6, 6.07) is 68.5. The van der Waals surface area contributed by atoms with Crippen LogP contribution >= 0.6 is 0 Å². The van der Waals surface area contributed by atoms with Gasteiger partial charge in [-0.15, -0.1) is 0 Å². The molecule has 0 aliphatic rings. The Hall–Kier alpha value is -7.30. The number of hydrogen-bond donors (Lipinski definition) is 0. The third-order valence-electron chi connectivity index (χ3n) is 11.4. The maximum Gasteiger partial charge on any atom is 0.0641 e. The summed E-state index contributed by atoms with van der Waals surface area (Å²) in [5.74, 6) is 0. The maximum absolute atomic E-state index is 2.53. The number of fused-ring (bicyclic) bond motifs is 11. The van der Waals surface area contributed by atoms with Crippen molar-refractivity contribution in [3.05, 3.63) is 194 Å². The summed E-state index contributed by atoms with van der Waals surface area (Å²) in [7, 11) is 0. The average Bonchev–Trinajstić information content (AvgIpc) is 3.98. The van der Waals surface area contributed by atoms with E-state index in [1.807, 2.05) is 0 Å². The first-order chi connectivity index (χ1) is 26.8. The van der Waals surface area contributed by atoms with Crippen LogP contribution in [0, 0.1) is 0 Å². The van der Waals surface area contributed by atoms with E-state index in [0.29, 0.717) is 0 Å². The van der Waals surface area contributed by atoms with Crippen LogP contribution in [0.3, 0.4) is 0 Å². The second kappa shape index (κ2) is 11.1. The lowest BCUT2D eigenvalue weighted by Gasteiger charge is -2.12. The lowest BCUT2D eigenvalue weighted by Crippen LogP contribution is -1.97. The standard InChI is InChI=1S/C50H32N4/c1-4-14-34(15-5-1)51-29-28-33-30-41-39-25-27-46-49(40-21-11-13-23-44(40)53(46)36-18-8-3-9-19-36)50(39)54(48(41)32-47(33)51)37-24-26-45-42(31-37)38-20-10-12-22-43(38)52(45)35-16-6-2-7-17-35/h1-32H. The van der Waals surface area contributed by atoms with Crippen molar-refractivity contribution >= 4 is 76.3 Å². The molecule has 0 N–H and O–H groups in total. The van der Waals surface area contributed by atoms with E-state index in [4.69, 9.17) is 0 Å². The lowest BCUT2D eigenvalue weighted by molar-refractivity contribution is 1.13. The Morgan fingerprint density at radius 1 is 0.278 bits per heavy atom. The molecule has 0 atom stereocenters. The number of benzene rings is 8. The molecule has 0 bridgehead atoms. The van der Waals surface area contributed by atoms with Crippen LogP contribution in [-0.2, 0) is 0 Å². The van der Waals surface area contributed by atoms with E-state index in [2.05, 4.69) is 213 Å². The van der Waals surface area contributed by atoms with E-state index in [1.165, 1.54) is 76.3 Å². The number of rotatable bonds is 4. The second-order valence-corrected chi connectivity index (χ2v) is 14.2. The van der Waals surface area contributed by atoms with E-state index in [-0.39, 0.29) is 0 Å². The zero-order valence-corrected chi connectivity index (χ0v) is 29.3. The molecular formula is C50H32N4. The Balaban J connectivity index is 1.25. The minimum atomic E-state index is 1.14. The molecule has 4 nitrogen and oxygen atoms in total. The molecule has 4 heteroatoms. The molecule has 12 aromatic rings. The molecule has 0 aliphatic carbocycles. The van der Waals surface area contributed by atoms with Crippen molar-refractivity contribution in [1.29, 1.82) is 0 Å². The van der Waals surface area contributed by atoms with Crippen molar-refractivity contribution in [2.45, 2.75) is 0 Å². The summed E-state index contributed by atoms with van der Waals surface area (Å²) in [5.41, 5.74) is 13.0. The van der Waals surface area contributed by atoms with Gasteiger partial charge in [0.1, 0.15) is 0 Å². The van der Waals surface area contributed by atoms with Crippen molar-refractivity contribution in [3.8, 4) is 22.7 Å². The molecule has 0 saturated heterocycles. The van der Waals surface area contributed by atoms with E-state index in [0.717, 1.165) is 22.7 Å². The zero-order valence-electron chi connectivity index (χ0n) is 29.3. The minimum absolute atomic E-state index is 1.14. The summed E-state index contributed by atoms with van der Waals surface area (Å²) in [6.07, 6.45) is 2.20. The molecule has 252 valence electrons. The number of para-hydroxylation sites is 5. The normalized spacial score (nSPS) is 12.1. The molecule has 4 heterocycles. The van der Waals surface area contributed by atoms with Crippen molar-refractivity contribution in [2.75, 3.05) is 0 Å². The molecule has 0 saturated carbocycles. The highest BCUT2D eigenvalue weighted by Crippen LogP contribution is 2.44. The van der Waals surface area contributed by atoms with Crippen LogP contribution < -0.4 is 0 Å². The van der Waals surface area contributed by atoms with E-state index in [9.17, 15) is 0 Å². The summed E-state index contributed by atoms with van der Waals surface area (Å²) < 4.78 is 9.65. The van der Waals surface area contributed by atoms with Crippen molar-refractivity contribution in [1.82, 2.24) is 18.3 Å². The van der Waals surface area contributed by atoms with Gasteiger partial charge in [0.15, 0.2) is 0 Å². The summed E-state index contributed by atoms with van der Waals surface area (Å²) in [6.45, 7) is 0. The largest absolute Gasteiger partial charge is 0.316 e. The number of nitrogens with zero attached hydrogens (tertiary/aromatic N) is 4.